The van der Waals surface area contributed by atoms with Crippen LogP contribution >= 0.6 is 15.9 Å². The molecule has 4 heteroatoms. The summed E-state index contributed by atoms with van der Waals surface area (Å²) in [5, 5.41) is 0.859. The lowest BCUT2D eigenvalue weighted by atomic mass is 10.1. The summed E-state index contributed by atoms with van der Waals surface area (Å²) < 4.78 is 0. The van der Waals surface area contributed by atoms with Crippen molar-refractivity contribution in [2.24, 2.45) is 0 Å². The molecule has 1 saturated heterocycles. The Bertz CT molecular complexity index is 405. The molecule has 0 saturated carbocycles. The van der Waals surface area contributed by atoms with Crippen molar-refractivity contribution in [3.05, 3.63) is 29.6 Å². The monoisotopic (exact) mass is 310 g/mol. The summed E-state index contributed by atoms with van der Waals surface area (Å²) in [6.45, 7) is 2.80. The molecule has 2 rings (SSSR count). The molecule has 1 aromatic rings. The molecule has 0 spiro atoms. The first-order valence-electron chi connectivity index (χ1n) is 6.52. The van der Waals surface area contributed by atoms with Gasteiger partial charge in [0.05, 0.1) is 5.56 Å². The third kappa shape index (κ3) is 3.10. The molecule has 1 aliphatic heterocycles. The summed E-state index contributed by atoms with van der Waals surface area (Å²) in [5.41, 5.74) is 1.65. The largest absolute Gasteiger partial charge is 0.335 e. The summed E-state index contributed by atoms with van der Waals surface area (Å²) in [6, 6.07) is 4.09. The van der Waals surface area contributed by atoms with Crippen molar-refractivity contribution in [1.29, 1.82) is 0 Å². The number of halogens is 1. The highest BCUT2D eigenvalue weighted by molar-refractivity contribution is 9.09. The predicted molar refractivity (Wildman–Crippen MR) is 76.1 cm³/mol. The molecule has 18 heavy (non-hydrogen) atoms. The molecular formula is C14H19BrN2O. The first kappa shape index (κ1) is 13.5. The lowest BCUT2D eigenvalue weighted by Gasteiger charge is -2.28. The van der Waals surface area contributed by atoms with Gasteiger partial charge in [-0.05, 0) is 31.9 Å². The van der Waals surface area contributed by atoms with E-state index < -0.39 is 0 Å². The van der Waals surface area contributed by atoms with Gasteiger partial charge in [0.15, 0.2) is 0 Å². The fourth-order valence-corrected chi connectivity index (χ4v) is 3.04. The Labute approximate surface area is 117 Å². The predicted octanol–water partition coefficient (Wildman–Crippen LogP) is 3.17. The summed E-state index contributed by atoms with van der Waals surface area (Å²) in [6.07, 6.45) is 6.32. The molecule has 1 amide bonds. The topological polar surface area (TPSA) is 33.2 Å². The van der Waals surface area contributed by atoms with Crippen LogP contribution in [0.5, 0.6) is 0 Å². The number of hydrogen-bond acceptors (Lipinski definition) is 2. The van der Waals surface area contributed by atoms with Crippen molar-refractivity contribution >= 4 is 21.8 Å². The molecule has 98 valence electrons. The van der Waals surface area contributed by atoms with Gasteiger partial charge in [-0.2, -0.15) is 0 Å². The van der Waals surface area contributed by atoms with Gasteiger partial charge < -0.3 is 4.90 Å². The second kappa shape index (κ2) is 6.32. The van der Waals surface area contributed by atoms with E-state index in [0.29, 0.717) is 11.6 Å². The summed E-state index contributed by atoms with van der Waals surface area (Å²) in [7, 11) is 0. The van der Waals surface area contributed by atoms with Crippen molar-refractivity contribution in [3.8, 4) is 0 Å². The van der Waals surface area contributed by atoms with Gasteiger partial charge in [0.1, 0.15) is 0 Å². The molecule has 1 atom stereocenters. The lowest BCUT2D eigenvalue weighted by molar-refractivity contribution is 0.0702. The third-order valence-corrected chi connectivity index (χ3v) is 4.22. The number of rotatable bonds is 2. The molecule has 1 aromatic heterocycles. The van der Waals surface area contributed by atoms with E-state index in [1.54, 1.807) is 6.20 Å². The molecule has 0 bridgehead atoms. The zero-order valence-corrected chi connectivity index (χ0v) is 12.3. The van der Waals surface area contributed by atoms with Gasteiger partial charge in [-0.15, -0.1) is 0 Å². The molecule has 0 aromatic carbocycles. The minimum absolute atomic E-state index is 0.119. The van der Waals surface area contributed by atoms with Crippen LogP contribution in [0.1, 0.15) is 41.7 Å². The van der Waals surface area contributed by atoms with Crippen molar-refractivity contribution < 1.29 is 4.79 Å². The van der Waals surface area contributed by atoms with Crippen molar-refractivity contribution in [2.45, 2.75) is 38.6 Å². The maximum absolute atomic E-state index is 12.5. The molecule has 1 unspecified atom stereocenters. The van der Waals surface area contributed by atoms with Crippen molar-refractivity contribution in [2.75, 3.05) is 11.9 Å². The van der Waals surface area contributed by atoms with E-state index in [4.69, 9.17) is 0 Å². The first-order chi connectivity index (χ1) is 8.72. The number of likely N-dealkylation sites (tertiary alicyclic amines) is 1. The molecule has 0 N–H and O–H groups in total. The fourth-order valence-electron chi connectivity index (χ4n) is 2.37. The second-order valence-electron chi connectivity index (χ2n) is 4.84. The Morgan fingerprint density at radius 2 is 2.28 bits per heavy atom. The summed E-state index contributed by atoms with van der Waals surface area (Å²) in [5.74, 6) is 0.119. The van der Waals surface area contributed by atoms with Gasteiger partial charge in [0.25, 0.3) is 5.91 Å². The smallest absolute Gasteiger partial charge is 0.255 e. The van der Waals surface area contributed by atoms with Crippen LogP contribution in [0, 0.1) is 6.92 Å². The van der Waals surface area contributed by atoms with Crippen LogP contribution < -0.4 is 0 Å². The SMILES string of the molecule is Cc1ccc(C(=O)N2CCCCCC2CBr)cn1. The van der Waals surface area contributed by atoms with Crippen LogP contribution in [0.2, 0.25) is 0 Å². The number of pyridine rings is 1. The highest BCUT2D eigenvalue weighted by atomic mass is 79.9. The van der Waals surface area contributed by atoms with Gasteiger partial charge in [-0.3, -0.25) is 9.78 Å². The van der Waals surface area contributed by atoms with E-state index in [-0.39, 0.29) is 5.91 Å². The van der Waals surface area contributed by atoms with Gasteiger partial charge >= 0.3 is 0 Å². The van der Waals surface area contributed by atoms with Crippen LogP contribution in [-0.2, 0) is 0 Å². The van der Waals surface area contributed by atoms with Gasteiger partial charge in [-0.25, -0.2) is 0 Å². The highest BCUT2D eigenvalue weighted by Gasteiger charge is 2.25. The Kier molecular flexibility index (Phi) is 4.75. The minimum Gasteiger partial charge on any atom is -0.335 e. The fraction of sp³-hybridized carbons (Fsp3) is 0.571. The Morgan fingerprint density at radius 1 is 1.44 bits per heavy atom. The van der Waals surface area contributed by atoms with E-state index in [1.165, 1.54) is 12.8 Å². The third-order valence-electron chi connectivity index (χ3n) is 3.47. The minimum atomic E-state index is 0.119. The first-order valence-corrected chi connectivity index (χ1v) is 7.64. The second-order valence-corrected chi connectivity index (χ2v) is 5.49. The Hall–Kier alpha value is -0.900. The van der Waals surface area contributed by atoms with E-state index in [9.17, 15) is 4.79 Å². The number of aryl methyl sites for hydroxylation is 1. The zero-order chi connectivity index (χ0) is 13.0. The van der Waals surface area contributed by atoms with E-state index in [2.05, 4.69) is 20.9 Å². The molecule has 0 aliphatic carbocycles. The molecule has 1 aliphatic rings. The highest BCUT2D eigenvalue weighted by Crippen LogP contribution is 2.20. The van der Waals surface area contributed by atoms with Crippen molar-refractivity contribution in [1.82, 2.24) is 9.88 Å². The van der Waals surface area contributed by atoms with E-state index in [1.807, 2.05) is 24.0 Å². The summed E-state index contributed by atoms with van der Waals surface area (Å²) >= 11 is 3.53. The number of alkyl halides is 1. The Balaban J connectivity index is 2.17. The average Bonchev–Trinajstić information content (AvgIpc) is 2.63. The quantitative estimate of drug-likeness (QED) is 0.786. The number of nitrogens with zero attached hydrogens (tertiary/aromatic N) is 2. The molecule has 1 fully saturated rings. The molecular weight excluding hydrogens is 292 g/mol. The number of amides is 1. The van der Waals surface area contributed by atoms with Crippen LogP contribution in [0.25, 0.3) is 0 Å². The van der Waals surface area contributed by atoms with E-state index in [0.717, 1.165) is 30.4 Å². The summed E-state index contributed by atoms with van der Waals surface area (Å²) in [4.78, 5) is 18.7. The normalized spacial score (nSPS) is 20.6. The maximum Gasteiger partial charge on any atom is 0.255 e. The average molecular weight is 311 g/mol. The standard InChI is InChI=1S/C14H19BrN2O/c1-11-6-7-12(10-16-11)14(18)17-8-4-2-3-5-13(17)9-15/h6-7,10,13H,2-5,8-9H2,1H3. The molecule has 0 radical (unpaired) electrons. The van der Waals surface area contributed by atoms with Crippen LogP contribution in [0.4, 0.5) is 0 Å². The molecule has 3 nitrogen and oxygen atoms in total. The number of carbonyl (C=O) groups is 1. The van der Waals surface area contributed by atoms with Crippen LogP contribution in [0.15, 0.2) is 18.3 Å². The van der Waals surface area contributed by atoms with Crippen molar-refractivity contribution in [3.63, 3.8) is 0 Å². The number of carbonyl (C=O) groups excluding carboxylic acids is 1. The van der Waals surface area contributed by atoms with Crippen LogP contribution in [-0.4, -0.2) is 33.7 Å². The number of aromatic nitrogens is 1. The van der Waals surface area contributed by atoms with Gasteiger partial charge in [-0.1, -0.05) is 28.8 Å². The zero-order valence-electron chi connectivity index (χ0n) is 10.7. The van der Waals surface area contributed by atoms with Crippen LogP contribution in [0.3, 0.4) is 0 Å². The van der Waals surface area contributed by atoms with Gasteiger partial charge in [0.2, 0.25) is 0 Å². The maximum atomic E-state index is 12.5. The molecule has 2 heterocycles. The lowest BCUT2D eigenvalue weighted by Crippen LogP contribution is -2.41. The Morgan fingerprint density at radius 3 is 2.94 bits per heavy atom. The van der Waals surface area contributed by atoms with Gasteiger partial charge in [0, 0.05) is 29.8 Å². The van der Waals surface area contributed by atoms with E-state index >= 15 is 0 Å². The number of hydrogen-bond donors (Lipinski definition) is 0.